The second-order valence-electron chi connectivity index (χ2n) is 7.44. The summed E-state index contributed by atoms with van der Waals surface area (Å²) in [6.45, 7) is 0. The molecule has 168 valence electrons. The molecule has 0 aliphatic heterocycles. The number of rotatable bonds is 10. The Morgan fingerprint density at radius 3 is 2.88 bits per heavy atom. The molecule has 0 spiro atoms. The molecule has 0 radical (unpaired) electrons. The van der Waals surface area contributed by atoms with E-state index in [1.807, 2.05) is 24.3 Å². The summed E-state index contributed by atoms with van der Waals surface area (Å²) in [6, 6.07) is 9.27. The van der Waals surface area contributed by atoms with Crippen LogP contribution in [0.4, 0.5) is 0 Å². The van der Waals surface area contributed by atoms with Gasteiger partial charge in [-0.25, -0.2) is 4.98 Å². The quantitative estimate of drug-likeness (QED) is 0.258. The van der Waals surface area contributed by atoms with Crippen molar-refractivity contribution in [2.24, 2.45) is 5.73 Å². The number of benzene rings is 1. The number of halogens is 1. The largest absolute Gasteiger partial charge is 0.496 e. The molecule has 8 nitrogen and oxygen atoms in total. The monoisotopic (exact) mass is 455 g/mol. The minimum Gasteiger partial charge on any atom is -0.496 e. The minimum atomic E-state index is -0.201. The van der Waals surface area contributed by atoms with Crippen LogP contribution in [0.25, 0.3) is 22.2 Å². The number of imidazole rings is 1. The number of aromatic nitrogens is 4. The van der Waals surface area contributed by atoms with Gasteiger partial charge in [0.05, 0.1) is 30.6 Å². The maximum atomic E-state index is 11.9. The number of fused-ring (bicyclic) bond motifs is 1. The van der Waals surface area contributed by atoms with Crippen molar-refractivity contribution in [2.45, 2.75) is 38.1 Å². The van der Waals surface area contributed by atoms with Crippen LogP contribution in [0.2, 0.25) is 0 Å². The normalized spacial score (nSPS) is 11.8. The first kappa shape index (κ1) is 23.4. The summed E-state index contributed by atoms with van der Waals surface area (Å²) in [5, 5.41) is 4.70. The number of ether oxygens (including phenoxy) is 1. The van der Waals surface area contributed by atoms with E-state index in [2.05, 4.69) is 20.1 Å². The molecular weight excluding hydrogens is 430 g/mol. The number of carbonyl (C=O) groups is 1. The Morgan fingerprint density at radius 2 is 2.09 bits per heavy atom. The van der Waals surface area contributed by atoms with E-state index in [1.165, 1.54) is 6.26 Å². The van der Waals surface area contributed by atoms with E-state index < -0.39 is 0 Å². The lowest BCUT2D eigenvalue weighted by Crippen LogP contribution is -2.12. The second kappa shape index (κ2) is 10.9. The number of pyridine rings is 1. The number of nitrogens with one attached hydrogen (secondary N) is 1. The lowest BCUT2D eigenvalue weighted by atomic mass is 10.0. The summed E-state index contributed by atoms with van der Waals surface area (Å²) in [5.41, 5.74) is 9.38. The Hall–Kier alpha value is -3.23. The van der Waals surface area contributed by atoms with E-state index in [9.17, 15) is 4.79 Å². The fourth-order valence-corrected chi connectivity index (χ4v) is 3.59. The van der Waals surface area contributed by atoms with Gasteiger partial charge in [-0.2, -0.15) is 0 Å². The SMILES string of the molecule is COc1cc2ncccc2cc1-c1cnc([C@@H](N)CCCCCC(=O)c2ccon2)[nH]1.Cl. The summed E-state index contributed by atoms with van der Waals surface area (Å²) < 4.78 is 10.3. The first-order valence-corrected chi connectivity index (χ1v) is 10.3. The van der Waals surface area contributed by atoms with Crippen LogP contribution in [0.1, 0.15) is 54.5 Å². The van der Waals surface area contributed by atoms with E-state index in [0.717, 1.165) is 59.4 Å². The summed E-state index contributed by atoms with van der Waals surface area (Å²) in [4.78, 5) is 24.1. The van der Waals surface area contributed by atoms with Crippen LogP contribution in [0.15, 0.2) is 53.5 Å². The van der Waals surface area contributed by atoms with E-state index >= 15 is 0 Å². The molecule has 0 aliphatic carbocycles. The highest BCUT2D eigenvalue weighted by atomic mass is 35.5. The van der Waals surface area contributed by atoms with E-state index in [-0.39, 0.29) is 24.2 Å². The summed E-state index contributed by atoms with van der Waals surface area (Å²) in [6.07, 6.45) is 8.82. The van der Waals surface area contributed by atoms with Gasteiger partial charge >= 0.3 is 0 Å². The van der Waals surface area contributed by atoms with Gasteiger partial charge in [-0.05, 0) is 25.0 Å². The topological polar surface area (TPSA) is 120 Å². The lowest BCUT2D eigenvalue weighted by Gasteiger charge is -2.10. The number of H-pyrrole nitrogens is 1. The third-order valence-corrected chi connectivity index (χ3v) is 5.30. The highest BCUT2D eigenvalue weighted by Gasteiger charge is 2.15. The Balaban J connectivity index is 0.00000289. The molecular formula is C23H26ClN5O3. The highest BCUT2D eigenvalue weighted by Crippen LogP contribution is 2.33. The maximum absolute atomic E-state index is 11.9. The first-order chi connectivity index (χ1) is 15.2. The number of methoxy groups -OCH3 is 1. The molecule has 0 saturated carbocycles. The van der Waals surface area contributed by atoms with Gasteiger partial charge in [0, 0.05) is 35.7 Å². The number of hydrogen-bond donors (Lipinski definition) is 2. The van der Waals surface area contributed by atoms with E-state index in [0.29, 0.717) is 12.1 Å². The van der Waals surface area contributed by atoms with Gasteiger partial charge in [-0.3, -0.25) is 9.78 Å². The van der Waals surface area contributed by atoms with Gasteiger partial charge in [0.25, 0.3) is 0 Å². The van der Waals surface area contributed by atoms with Crippen molar-refractivity contribution in [2.75, 3.05) is 7.11 Å². The van der Waals surface area contributed by atoms with Crippen LogP contribution >= 0.6 is 12.4 Å². The van der Waals surface area contributed by atoms with Crippen molar-refractivity contribution in [3.05, 3.63) is 60.5 Å². The zero-order chi connectivity index (χ0) is 21.6. The third kappa shape index (κ3) is 5.33. The number of aromatic amines is 1. The van der Waals surface area contributed by atoms with Gasteiger partial charge < -0.3 is 20.0 Å². The molecule has 0 bridgehead atoms. The molecule has 32 heavy (non-hydrogen) atoms. The number of unbranched alkanes of at least 4 members (excludes halogenated alkanes) is 2. The molecule has 3 heterocycles. The van der Waals surface area contributed by atoms with Crippen molar-refractivity contribution in [3.8, 4) is 17.0 Å². The van der Waals surface area contributed by atoms with E-state index in [4.69, 9.17) is 15.0 Å². The zero-order valence-corrected chi connectivity index (χ0v) is 18.6. The van der Waals surface area contributed by atoms with Gasteiger partial charge in [0.1, 0.15) is 23.5 Å². The summed E-state index contributed by atoms with van der Waals surface area (Å²) >= 11 is 0. The van der Waals surface area contributed by atoms with Crippen LogP contribution < -0.4 is 10.5 Å². The van der Waals surface area contributed by atoms with Gasteiger partial charge in [-0.15, -0.1) is 12.4 Å². The van der Waals surface area contributed by atoms with E-state index in [1.54, 1.807) is 25.6 Å². The van der Waals surface area contributed by atoms with Crippen molar-refractivity contribution < 1.29 is 14.1 Å². The van der Waals surface area contributed by atoms with Crippen LogP contribution in [-0.2, 0) is 0 Å². The van der Waals surface area contributed by atoms with Gasteiger partial charge in [-0.1, -0.05) is 24.1 Å². The molecule has 4 aromatic rings. The molecule has 3 N–H and O–H groups in total. The Kier molecular flexibility index (Phi) is 7.97. The molecule has 0 aliphatic rings. The number of nitrogens with zero attached hydrogens (tertiary/aromatic N) is 3. The Labute approximate surface area is 192 Å². The Morgan fingerprint density at radius 1 is 1.22 bits per heavy atom. The minimum absolute atomic E-state index is 0. The summed E-state index contributed by atoms with van der Waals surface area (Å²) in [7, 11) is 1.64. The fourth-order valence-electron chi connectivity index (χ4n) is 3.59. The third-order valence-electron chi connectivity index (χ3n) is 5.30. The number of carbonyl (C=O) groups excluding carboxylic acids is 1. The van der Waals surface area contributed by atoms with Crippen LogP contribution in [0, 0.1) is 0 Å². The number of nitrogens with two attached hydrogens (primary N) is 1. The van der Waals surface area contributed by atoms with Crippen molar-refractivity contribution in [3.63, 3.8) is 0 Å². The fraction of sp³-hybridized carbons (Fsp3) is 0.304. The molecule has 0 saturated heterocycles. The van der Waals surface area contributed by atoms with Crippen molar-refractivity contribution in [1.82, 2.24) is 20.1 Å². The molecule has 3 aromatic heterocycles. The molecule has 1 aromatic carbocycles. The highest BCUT2D eigenvalue weighted by molar-refractivity contribution is 5.93. The molecule has 0 amide bonds. The van der Waals surface area contributed by atoms with Crippen LogP contribution in [0.3, 0.4) is 0 Å². The maximum Gasteiger partial charge on any atom is 0.184 e. The van der Waals surface area contributed by atoms with Crippen molar-refractivity contribution in [1.29, 1.82) is 0 Å². The Bertz CT molecular complexity index is 1160. The molecule has 9 heteroatoms. The van der Waals surface area contributed by atoms with Gasteiger partial charge in [0.15, 0.2) is 5.78 Å². The average molecular weight is 456 g/mol. The predicted molar refractivity (Wildman–Crippen MR) is 124 cm³/mol. The molecule has 0 fully saturated rings. The predicted octanol–water partition coefficient (Wildman–Crippen LogP) is 4.88. The lowest BCUT2D eigenvalue weighted by molar-refractivity contribution is 0.0970. The molecule has 1 atom stereocenters. The number of ketones is 1. The second-order valence-corrected chi connectivity index (χ2v) is 7.44. The van der Waals surface area contributed by atoms with Crippen LogP contribution in [0.5, 0.6) is 5.75 Å². The first-order valence-electron chi connectivity index (χ1n) is 10.3. The standard InChI is InChI=1S/C23H25N5O3.ClH/c1-30-22-13-19-15(6-5-10-25-19)12-16(22)20-14-26-23(27-20)17(24)7-3-2-4-8-21(29)18-9-11-31-28-18;/h5-6,9-14,17H,2-4,7-8,24H2,1H3,(H,26,27);1H/t17-;/m0./s1. The van der Waals surface area contributed by atoms with Crippen molar-refractivity contribution >= 4 is 29.1 Å². The average Bonchev–Trinajstić information content (AvgIpc) is 3.50. The molecule has 4 rings (SSSR count). The zero-order valence-electron chi connectivity index (χ0n) is 17.8. The van der Waals surface area contributed by atoms with Gasteiger partial charge in [0.2, 0.25) is 0 Å². The number of Topliss-reactive ketones (excluding diaryl/α,β-unsaturated/α-hetero) is 1. The number of hydrogen-bond acceptors (Lipinski definition) is 7. The summed E-state index contributed by atoms with van der Waals surface area (Å²) in [5.74, 6) is 1.47. The molecule has 0 unspecified atom stereocenters. The smallest absolute Gasteiger partial charge is 0.184 e. The van der Waals surface area contributed by atoms with Crippen LogP contribution in [-0.4, -0.2) is 33.0 Å².